The summed E-state index contributed by atoms with van der Waals surface area (Å²) >= 11 is 7.18. The van der Waals surface area contributed by atoms with Crippen molar-refractivity contribution in [1.82, 2.24) is 10.3 Å². The summed E-state index contributed by atoms with van der Waals surface area (Å²) in [7, 11) is 0. The molecule has 1 amide bonds. The first-order valence-electron chi connectivity index (χ1n) is 6.60. The van der Waals surface area contributed by atoms with E-state index in [1.165, 1.54) is 11.8 Å². The highest BCUT2D eigenvalue weighted by molar-refractivity contribution is 7.99. The van der Waals surface area contributed by atoms with Gasteiger partial charge in [-0.1, -0.05) is 37.2 Å². The molecule has 2 rings (SSSR count). The van der Waals surface area contributed by atoms with E-state index in [-0.39, 0.29) is 11.9 Å². The number of hydrogen-bond donors (Lipinski definition) is 1. The van der Waals surface area contributed by atoms with Crippen molar-refractivity contribution in [3.8, 4) is 0 Å². The third kappa shape index (κ3) is 3.90. The Hall–Kier alpha value is -1.20. The van der Waals surface area contributed by atoms with Crippen LogP contribution >= 0.6 is 23.4 Å². The van der Waals surface area contributed by atoms with Gasteiger partial charge in [0.25, 0.3) is 5.22 Å². The zero-order valence-corrected chi connectivity index (χ0v) is 13.1. The molecule has 1 N–H and O–H groups in total. The Labute approximate surface area is 127 Å². The fraction of sp³-hybridized carbons (Fsp3) is 0.429. The number of nitrogens with one attached hydrogen (secondary N) is 1. The molecular formula is C14H17ClN2O2S. The molecule has 0 spiro atoms. The molecule has 6 heteroatoms. The molecule has 0 unspecified atom stereocenters. The molecule has 0 fully saturated rings. The summed E-state index contributed by atoms with van der Waals surface area (Å²) in [6, 6.07) is 5.53. The maximum absolute atomic E-state index is 11.8. The summed E-state index contributed by atoms with van der Waals surface area (Å²) < 4.78 is 5.54. The molecule has 2 aromatic rings. The minimum atomic E-state index is 0.00369. The number of oxazole rings is 1. The van der Waals surface area contributed by atoms with Crippen molar-refractivity contribution < 1.29 is 9.21 Å². The van der Waals surface area contributed by atoms with Crippen LogP contribution in [0, 0.1) is 0 Å². The Balaban J connectivity index is 1.93. The highest BCUT2D eigenvalue weighted by atomic mass is 35.5. The second-order valence-electron chi connectivity index (χ2n) is 4.46. The zero-order chi connectivity index (χ0) is 14.5. The lowest BCUT2D eigenvalue weighted by atomic mass is 10.2. The molecule has 0 saturated carbocycles. The molecule has 1 aromatic heterocycles. The predicted molar refractivity (Wildman–Crippen MR) is 82.3 cm³/mol. The summed E-state index contributed by atoms with van der Waals surface area (Å²) in [6.45, 7) is 4.12. The highest BCUT2D eigenvalue weighted by Gasteiger charge is 2.12. The minimum Gasteiger partial charge on any atom is -0.431 e. The number of benzene rings is 1. The highest BCUT2D eigenvalue weighted by Crippen LogP contribution is 2.25. The lowest BCUT2D eigenvalue weighted by Gasteiger charge is -2.13. The first-order valence-corrected chi connectivity index (χ1v) is 7.97. The van der Waals surface area contributed by atoms with E-state index in [0.29, 0.717) is 21.6 Å². The summed E-state index contributed by atoms with van der Waals surface area (Å²) in [4.78, 5) is 16.1. The van der Waals surface area contributed by atoms with Gasteiger partial charge in [-0.05, 0) is 25.0 Å². The van der Waals surface area contributed by atoms with Gasteiger partial charge in [-0.2, -0.15) is 0 Å². The molecule has 0 aliphatic rings. The molecule has 108 valence electrons. The number of thioether (sulfide) groups is 1. The predicted octanol–water partition coefficient (Wildman–Crippen LogP) is 3.88. The number of fused-ring (bicyclic) bond motifs is 1. The summed E-state index contributed by atoms with van der Waals surface area (Å²) in [6.07, 6.45) is 1.88. The number of aromatic nitrogens is 1. The summed E-state index contributed by atoms with van der Waals surface area (Å²) in [5.74, 6) is 0.306. The largest absolute Gasteiger partial charge is 0.431 e. The van der Waals surface area contributed by atoms with Crippen molar-refractivity contribution >= 4 is 40.4 Å². The van der Waals surface area contributed by atoms with Crippen molar-refractivity contribution in [2.24, 2.45) is 0 Å². The molecule has 0 bridgehead atoms. The number of nitrogens with zero attached hydrogens (tertiary/aromatic N) is 1. The Morgan fingerprint density at radius 1 is 1.45 bits per heavy atom. The van der Waals surface area contributed by atoms with Crippen LogP contribution in [0.2, 0.25) is 5.02 Å². The van der Waals surface area contributed by atoms with E-state index in [9.17, 15) is 4.79 Å². The van der Waals surface area contributed by atoms with Crippen molar-refractivity contribution in [3.05, 3.63) is 23.2 Å². The van der Waals surface area contributed by atoms with E-state index in [4.69, 9.17) is 16.0 Å². The van der Waals surface area contributed by atoms with Crippen LogP contribution in [0.15, 0.2) is 27.8 Å². The lowest BCUT2D eigenvalue weighted by Crippen LogP contribution is -2.34. The molecule has 1 heterocycles. The lowest BCUT2D eigenvalue weighted by molar-refractivity contribution is -0.119. The second-order valence-corrected chi connectivity index (χ2v) is 5.82. The van der Waals surface area contributed by atoms with Gasteiger partial charge in [0.05, 0.1) is 5.75 Å². The molecule has 0 atom stereocenters. The number of hydrogen-bond acceptors (Lipinski definition) is 4. The van der Waals surface area contributed by atoms with Crippen molar-refractivity contribution in [3.63, 3.8) is 0 Å². The van der Waals surface area contributed by atoms with Crippen LogP contribution in [0.4, 0.5) is 0 Å². The fourth-order valence-electron chi connectivity index (χ4n) is 1.83. The fourth-order valence-corrected chi connectivity index (χ4v) is 2.64. The topological polar surface area (TPSA) is 55.1 Å². The van der Waals surface area contributed by atoms with Crippen LogP contribution < -0.4 is 5.32 Å². The van der Waals surface area contributed by atoms with E-state index < -0.39 is 0 Å². The molecule has 0 radical (unpaired) electrons. The molecule has 1 aromatic carbocycles. The molecule has 0 saturated heterocycles. The van der Waals surface area contributed by atoms with Crippen molar-refractivity contribution in [2.75, 3.05) is 5.75 Å². The Kier molecular flexibility index (Phi) is 5.31. The van der Waals surface area contributed by atoms with Crippen LogP contribution in [-0.2, 0) is 4.79 Å². The average molecular weight is 313 g/mol. The summed E-state index contributed by atoms with van der Waals surface area (Å²) in [5.41, 5.74) is 1.39. The SMILES string of the molecule is CCC(CC)NC(=O)CSc1nc2ccc(Cl)cc2o1. The number of carbonyl (C=O) groups excluding carboxylic acids is 1. The van der Waals surface area contributed by atoms with Crippen LogP contribution in [0.1, 0.15) is 26.7 Å². The van der Waals surface area contributed by atoms with Crippen molar-refractivity contribution in [1.29, 1.82) is 0 Å². The van der Waals surface area contributed by atoms with E-state index in [1.807, 2.05) is 0 Å². The van der Waals surface area contributed by atoms with Gasteiger partial charge in [-0.15, -0.1) is 0 Å². The number of halogens is 1. The van der Waals surface area contributed by atoms with Crippen LogP contribution in [0.5, 0.6) is 0 Å². The smallest absolute Gasteiger partial charge is 0.257 e. The maximum Gasteiger partial charge on any atom is 0.257 e. The number of rotatable bonds is 6. The standard InChI is InChI=1S/C14H17ClN2O2S/c1-3-10(4-2)16-13(18)8-20-14-17-11-6-5-9(15)7-12(11)19-14/h5-7,10H,3-4,8H2,1-2H3,(H,16,18). The van der Waals surface area contributed by atoms with E-state index in [0.717, 1.165) is 18.4 Å². The van der Waals surface area contributed by atoms with Crippen LogP contribution in [0.25, 0.3) is 11.1 Å². The summed E-state index contributed by atoms with van der Waals surface area (Å²) in [5, 5.41) is 4.08. The van der Waals surface area contributed by atoms with E-state index in [1.54, 1.807) is 18.2 Å². The van der Waals surface area contributed by atoms with Gasteiger partial charge in [0.2, 0.25) is 5.91 Å². The zero-order valence-electron chi connectivity index (χ0n) is 11.5. The third-order valence-electron chi connectivity index (χ3n) is 3.01. The molecular weight excluding hydrogens is 296 g/mol. The first-order chi connectivity index (χ1) is 9.62. The quantitative estimate of drug-likeness (QED) is 0.822. The van der Waals surface area contributed by atoms with Gasteiger partial charge in [0.1, 0.15) is 5.52 Å². The van der Waals surface area contributed by atoms with E-state index in [2.05, 4.69) is 24.1 Å². The van der Waals surface area contributed by atoms with Gasteiger partial charge < -0.3 is 9.73 Å². The van der Waals surface area contributed by atoms with Gasteiger partial charge in [-0.3, -0.25) is 4.79 Å². The molecule has 0 aliphatic carbocycles. The maximum atomic E-state index is 11.8. The number of amides is 1. The van der Waals surface area contributed by atoms with Gasteiger partial charge >= 0.3 is 0 Å². The average Bonchev–Trinajstić information content (AvgIpc) is 2.84. The Morgan fingerprint density at radius 3 is 2.90 bits per heavy atom. The molecule has 20 heavy (non-hydrogen) atoms. The van der Waals surface area contributed by atoms with Crippen molar-refractivity contribution in [2.45, 2.75) is 38.0 Å². The number of carbonyl (C=O) groups is 1. The molecule has 0 aliphatic heterocycles. The van der Waals surface area contributed by atoms with Gasteiger partial charge in [0, 0.05) is 17.1 Å². The first kappa shape index (κ1) is 15.2. The van der Waals surface area contributed by atoms with Gasteiger partial charge in [-0.25, -0.2) is 4.98 Å². The minimum absolute atomic E-state index is 0.00369. The van der Waals surface area contributed by atoms with Crippen LogP contribution in [-0.4, -0.2) is 22.7 Å². The Morgan fingerprint density at radius 2 is 2.20 bits per heavy atom. The van der Waals surface area contributed by atoms with Gasteiger partial charge in [0.15, 0.2) is 5.58 Å². The monoisotopic (exact) mass is 312 g/mol. The third-order valence-corrected chi connectivity index (χ3v) is 4.07. The normalized spacial score (nSPS) is 11.2. The van der Waals surface area contributed by atoms with E-state index >= 15 is 0 Å². The van der Waals surface area contributed by atoms with Crippen LogP contribution in [0.3, 0.4) is 0 Å². The Bertz CT molecular complexity index is 596. The second kappa shape index (κ2) is 6.99. The molecule has 4 nitrogen and oxygen atoms in total.